The lowest BCUT2D eigenvalue weighted by atomic mass is 9.33. The van der Waals surface area contributed by atoms with Crippen molar-refractivity contribution >= 4 is 68.6 Å². The summed E-state index contributed by atoms with van der Waals surface area (Å²) in [5.41, 5.74) is 21.2. The quantitative estimate of drug-likeness (QED) is 0.165. The van der Waals surface area contributed by atoms with Crippen molar-refractivity contribution in [3.8, 4) is 0 Å². The highest BCUT2D eigenvalue weighted by Crippen LogP contribution is 2.62. The fraction of sp³-hybridized carbons (Fsp3) is 0.357. The summed E-state index contributed by atoms with van der Waals surface area (Å²) in [7, 11) is 0. The summed E-state index contributed by atoms with van der Waals surface area (Å²) in [6.45, 7) is 28.3. The molecule has 4 aliphatic rings. The maximum absolute atomic E-state index is 2.72. The van der Waals surface area contributed by atoms with Gasteiger partial charge in [0.05, 0.1) is 5.54 Å². The van der Waals surface area contributed by atoms with Gasteiger partial charge in [0.15, 0.2) is 0 Å². The number of fused-ring (bicyclic) bond motifs is 7. The van der Waals surface area contributed by atoms with Crippen LogP contribution >= 0.6 is 0 Å². The first-order chi connectivity index (χ1) is 28.3. The Labute approximate surface area is 360 Å². The number of aryl methyl sites for hydroxylation is 1. The van der Waals surface area contributed by atoms with Gasteiger partial charge < -0.3 is 14.7 Å². The van der Waals surface area contributed by atoms with Crippen LogP contribution in [-0.4, -0.2) is 12.3 Å². The molecule has 6 aromatic rings. The van der Waals surface area contributed by atoms with Gasteiger partial charge in [-0.25, -0.2) is 0 Å². The van der Waals surface area contributed by atoms with Crippen molar-refractivity contribution < 1.29 is 0 Å². The molecule has 0 spiro atoms. The van der Waals surface area contributed by atoms with Gasteiger partial charge in [-0.2, -0.15) is 0 Å². The van der Waals surface area contributed by atoms with Gasteiger partial charge in [0.1, 0.15) is 0 Å². The van der Waals surface area contributed by atoms with Crippen molar-refractivity contribution in [3.05, 3.63) is 149 Å². The van der Waals surface area contributed by atoms with E-state index in [9.17, 15) is 0 Å². The predicted octanol–water partition coefficient (Wildman–Crippen LogP) is 13.3. The molecule has 0 amide bonds. The minimum atomic E-state index is -0.0106. The second-order valence-corrected chi connectivity index (χ2v) is 22.0. The molecular formula is C56H62BN3. The number of benzene rings is 6. The van der Waals surface area contributed by atoms with E-state index in [-0.39, 0.29) is 33.9 Å². The van der Waals surface area contributed by atoms with Gasteiger partial charge in [-0.1, -0.05) is 136 Å². The van der Waals surface area contributed by atoms with E-state index in [4.69, 9.17) is 0 Å². The highest BCUT2D eigenvalue weighted by molar-refractivity contribution is 7.00. The number of nitrogens with zero attached hydrogens (tertiary/aromatic N) is 3. The highest BCUT2D eigenvalue weighted by atomic mass is 15.3. The molecule has 0 N–H and O–H groups in total. The van der Waals surface area contributed by atoms with Gasteiger partial charge in [0, 0.05) is 50.9 Å². The largest absolute Gasteiger partial charge is 0.334 e. The van der Waals surface area contributed by atoms with Crippen LogP contribution in [0.3, 0.4) is 0 Å². The van der Waals surface area contributed by atoms with Crippen LogP contribution in [0.15, 0.2) is 121 Å². The van der Waals surface area contributed by atoms with E-state index in [2.05, 4.69) is 219 Å². The van der Waals surface area contributed by atoms with Crippen molar-refractivity contribution in [1.82, 2.24) is 0 Å². The molecule has 10 rings (SSSR count). The zero-order valence-corrected chi connectivity index (χ0v) is 38.1. The molecule has 1 aliphatic carbocycles. The molecule has 0 aromatic heterocycles. The van der Waals surface area contributed by atoms with Crippen LogP contribution < -0.4 is 31.1 Å². The Morgan fingerprint density at radius 2 is 1.05 bits per heavy atom. The Balaban J connectivity index is 1.26. The molecule has 2 unspecified atom stereocenters. The van der Waals surface area contributed by atoms with Gasteiger partial charge in [-0.05, 0) is 148 Å². The summed E-state index contributed by atoms with van der Waals surface area (Å²) in [6, 6.07) is 47.7. The maximum atomic E-state index is 2.72. The van der Waals surface area contributed by atoms with Crippen LogP contribution in [0, 0.1) is 6.92 Å². The summed E-state index contributed by atoms with van der Waals surface area (Å²) in [5.74, 6) is 0. The van der Waals surface area contributed by atoms with E-state index in [1.54, 1.807) is 0 Å². The third-order valence-corrected chi connectivity index (χ3v) is 15.0. The first-order valence-corrected chi connectivity index (χ1v) is 22.4. The number of hydrogen-bond acceptors (Lipinski definition) is 3. The lowest BCUT2D eigenvalue weighted by molar-refractivity contribution is 0.330. The molecule has 2 atom stereocenters. The van der Waals surface area contributed by atoms with Crippen LogP contribution in [-0.2, 0) is 21.7 Å². The normalized spacial score (nSPS) is 20.5. The molecule has 6 aromatic carbocycles. The monoisotopic (exact) mass is 788 g/mol. The molecule has 1 saturated carbocycles. The van der Waals surface area contributed by atoms with Crippen molar-refractivity contribution in [2.75, 3.05) is 14.7 Å². The number of hydrogen-bond donors (Lipinski definition) is 0. The average Bonchev–Trinajstić information content (AvgIpc) is 3.60. The van der Waals surface area contributed by atoms with Crippen LogP contribution in [0.2, 0.25) is 0 Å². The third-order valence-electron chi connectivity index (χ3n) is 15.0. The minimum absolute atomic E-state index is 0.00173. The van der Waals surface area contributed by atoms with Crippen molar-refractivity contribution in [2.24, 2.45) is 0 Å². The second kappa shape index (κ2) is 12.9. The summed E-state index contributed by atoms with van der Waals surface area (Å²) in [5, 5.41) is 0. The Kier molecular flexibility index (Phi) is 8.37. The minimum Gasteiger partial charge on any atom is -0.334 e. The van der Waals surface area contributed by atoms with Gasteiger partial charge in [0.2, 0.25) is 0 Å². The van der Waals surface area contributed by atoms with Crippen LogP contribution in [0.25, 0.3) is 0 Å². The maximum Gasteiger partial charge on any atom is 0.252 e. The molecular weight excluding hydrogens is 725 g/mol. The van der Waals surface area contributed by atoms with Crippen molar-refractivity contribution in [3.63, 3.8) is 0 Å². The fourth-order valence-electron chi connectivity index (χ4n) is 11.4. The summed E-state index contributed by atoms with van der Waals surface area (Å²) >= 11 is 0. The molecule has 0 bridgehead atoms. The van der Waals surface area contributed by atoms with Gasteiger partial charge in [-0.3, -0.25) is 0 Å². The van der Waals surface area contributed by atoms with Crippen LogP contribution in [0.4, 0.5) is 45.5 Å². The zero-order valence-electron chi connectivity index (χ0n) is 38.1. The lowest BCUT2D eigenvalue weighted by Gasteiger charge is -2.46. The van der Waals surface area contributed by atoms with E-state index in [1.165, 1.54) is 109 Å². The molecule has 3 nitrogen and oxygen atoms in total. The van der Waals surface area contributed by atoms with Crippen LogP contribution in [0.1, 0.15) is 123 Å². The number of anilines is 8. The van der Waals surface area contributed by atoms with E-state index in [1.807, 2.05) is 0 Å². The van der Waals surface area contributed by atoms with Crippen molar-refractivity contribution in [1.29, 1.82) is 0 Å². The topological polar surface area (TPSA) is 9.72 Å². The van der Waals surface area contributed by atoms with Crippen molar-refractivity contribution in [2.45, 2.75) is 130 Å². The van der Waals surface area contributed by atoms with E-state index in [0.29, 0.717) is 0 Å². The molecule has 1 fully saturated rings. The third kappa shape index (κ3) is 5.61. The number of para-hydroxylation sites is 1. The van der Waals surface area contributed by atoms with Gasteiger partial charge in [-0.15, -0.1) is 0 Å². The highest BCUT2D eigenvalue weighted by Gasteiger charge is 2.59. The van der Waals surface area contributed by atoms with Gasteiger partial charge >= 0.3 is 0 Å². The lowest BCUT2D eigenvalue weighted by Crippen LogP contribution is -2.61. The Morgan fingerprint density at radius 1 is 0.483 bits per heavy atom. The molecule has 304 valence electrons. The molecule has 3 aliphatic heterocycles. The van der Waals surface area contributed by atoms with Gasteiger partial charge in [0.25, 0.3) is 6.71 Å². The Hall–Kier alpha value is -5.22. The Bertz CT molecular complexity index is 2710. The summed E-state index contributed by atoms with van der Waals surface area (Å²) in [6.07, 6.45) is 3.64. The second-order valence-electron chi connectivity index (χ2n) is 22.0. The fourth-order valence-corrected chi connectivity index (χ4v) is 11.4. The molecule has 0 radical (unpaired) electrons. The average molecular weight is 788 g/mol. The SMILES string of the molecule is Cc1cc2c3c(c1)N(c1cccc(C(C)(C)C)c1)c1cc(C(C)(C)C)ccc1B3c1ccc(N3c4ccccc4C4(C)CCCC34C)cc1N2c1ccc(C(C)(C)C)cc1. The predicted molar refractivity (Wildman–Crippen MR) is 259 cm³/mol. The standard InChI is InChI=1S/C56H62BN3/c1-36-31-49-51-50(32-36)59(41-18-15-17-38(33-41)53(5,6)7)47-34-39(54(8,9)10)23-27-44(47)57(51)45-28-26-42(35-48(45)58(49)40-24-21-37(22-25-40)52(2,3)4)60-46-20-14-13-19-43(46)55(11)29-16-30-56(55,60)12/h13-15,17-28,31-35H,16,29-30H2,1-12H3. The van der Waals surface area contributed by atoms with E-state index >= 15 is 0 Å². The molecule has 4 heteroatoms. The first-order valence-electron chi connectivity index (χ1n) is 22.4. The first kappa shape index (κ1) is 39.0. The Morgan fingerprint density at radius 3 is 1.72 bits per heavy atom. The smallest absolute Gasteiger partial charge is 0.252 e. The van der Waals surface area contributed by atoms with E-state index in [0.717, 1.165) is 0 Å². The van der Waals surface area contributed by atoms with E-state index < -0.39 is 0 Å². The number of rotatable bonds is 3. The van der Waals surface area contributed by atoms with Crippen LogP contribution in [0.5, 0.6) is 0 Å². The molecule has 60 heavy (non-hydrogen) atoms. The molecule has 0 saturated heterocycles. The zero-order chi connectivity index (χ0) is 42.3. The summed E-state index contributed by atoms with van der Waals surface area (Å²) < 4.78 is 0. The summed E-state index contributed by atoms with van der Waals surface area (Å²) in [4.78, 5) is 7.91. The molecule has 3 heterocycles.